The van der Waals surface area contributed by atoms with Gasteiger partial charge in [0.05, 0.1) is 12.2 Å². The Morgan fingerprint density at radius 1 is 1.22 bits per heavy atom. The minimum atomic E-state index is -0.552. The number of terminal acetylenes is 1. The summed E-state index contributed by atoms with van der Waals surface area (Å²) in [5.74, 6) is 2.76. The van der Waals surface area contributed by atoms with Crippen LogP contribution in [-0.2, 0) is 16.0 Å². The number of ketones is 1. The molecule has 0 spiro atoms. The van der Waals surface area contributed by atoms with Crippen LogP contribution in [0.2, 0.25) is 0 Å². The minimum Gasteiger partial charge on any atom is -0.443 e. The van der Waals surface area contributed by atoms with Crippen LogP contribution >= 0.6 is 0 Å². The number of nitrogens with zero attached hydrogens (tertiary/aromatic N) is 5. The second-order valence-electron chi connectivity index (χ2n) is 9.53. The molecule has 9 heteroatoms. The second kappa shape index (κ2) is 16.6. The van der Waals surface area contributed by atoms with Gasteiger partial charge in [-0.25, -0.2) is 14.3 Å². The van der Waals surface area contributed by atoms with E-state index in [2.05, 4.69) is 27.0 Å². The average Bonchev–Trinajstić information content (AvgIpc) is 3.22. The molecule has 0 fully saturated rings. The fraction of sp³-hybridized carbons (Fsp3) is 0.464. The van der Waals surface area contributed by atoms with Crippen LogP contribution in [0.5, 0.6) is 0 Å². The smallest absolute Gasteiger partial charge is 0.421 e. The van der Waals surface area contributed by atoms with Crippen molar-refractivity contribution >= 4 is 23.9 Å². The Labute approximate surface area is 219 Å². The van der Waals surface area contributed by atoms with Crippen LogP contribution in [0.25, 0.3) is 16.5 Å². The number of carbonyl (C=O) groups excluding carboxylic acids is 2. The van der Waals surface area contributed by atoms with Crippen LogP contribution in [0.4, 0.5) is 10.7 Å². The van der Waals surface area contributed by atoms with Gasteiger partial charge in [0, 0.05) is 24.0 Å². The molecule has 0 aliphatic rings. The van der Waals surface area contributed by atoms with Gasteiger partial charge in [0.2, 0.25) is 5.95 Å². The fourth-order valence-electron chi connectivity index (χ4n) is 3.16. The first-order valence-electron chi connectivity index (χ1n) is 12.3. The van der Waals surface area contributed by atoms with Crippen LogP contribution in [-0.4, -0.2) is 33.6 Å². The molecule has 2 rings (SSSR count). The molecule has 0 radical (unpaired) electrons. The lowest BCUT2D eigenvalue weighted by atomic mass is 10.1. The van der Waals surface area contributed by atoms with E-state index < -0.39 is 11.7 Å². The first-order chi connectivity index (χ1) is 17.6. The number of aryl methyl sites for hydroxylation is 1. The summed E-state index contributed by atoms with van der Waals surface area (Å²) in [6, 6.07) is 9.96. The summed E-state index contributed by atoms with van der Waals surface area (Å²) in [5, 5.41) is 3.25. The standard InChI is InChI=1S/C15H23N3O2.C13H15N3O/c1-5-6-7-8-9-10-12-11-18(13(16)17-12)14(19)20-15(2,3)4;1-11(7-8-13(17)10-15-16-14)9-12-5-3-2-4-6-12/h1,11H,6-10H2,2-4H3,(H2,16,17);2-6,9H,7-8,10H2,1H3/b;11-9+. The minimum absolute atomic E-state index is 0.0244. The molecule has 0 atom stereocenters. The molecule has 0 saturated heterocycles. The van der Waals surface area contributed by atoms with Gasteiger partial charge in [0.1, 0.15) is 11.4 Å². The molecule has 198 valence electrons. The third kappa shape index (κ3) is 14.2. The van der Waals surface area contributed by atoms with E-state index in [9.17, 15) is 9.59 Å². The normalized spacial score (nSPS) is 10.9. The number of hydrogen-bond acceptors (Lipinski definition) is 6. The Morgan fingerprint density at radius 2 is 1.92 bits per heavy atom. The van der Waals surface area contributed by atoms with Crippen LogP contribution in [0.15, 0.2) is 47.2 Å². The van der Waals surface area contributed by atoms with Crippen molar-refractivity contribution < 1.29 is 14.3 Å². The summed E-state index contributed by atoms with van der Waals surface area (Å²) >= 11 is 0. The molecule has 1 heterocycles. The Bertz CT molecular complexity index is 1120. The molecule has 2 aromatic rings. The molecule has 0 unspecified atom stereocenters. The third-order valence-corrected chi connectivity index (χ3v) is 4.95. The molecule has 0 amide bonds. The number of nitrogen functional groups attached to an aromatic ring is 1. The molecule has 0 aliphatic heterocycles. The average molecular weight is 507 g/mol. The van der Waals surface area contributed by atoms with Gasteiger partial charge in [-0.1, -0.05) is 53.5 Å². The van der Waals surface area contributed by atoms with Gasteiger partial charge >= 0.3 is 6.09 Å². The quantitative estimate of drug-likeness (QED) is 0.118. The number of aromatic nitrogens is 2. The number of unbranched alkanes of at least 4 members (excludes halogenated alkanes) is 3. The Hall–Kier alpha value is -4.02. The number of ether oxygens (including phenoxy) is 1. The maximum atomic E-state index is 11.9. The molecular weight excluding hydrogens is 468 g/mol. The highest BCUT2D eigenvalue weighted by Gasteiger charge is 2.20. The predicted molar refractivity (Wildman–Crippen MR) is 148 cm³/mol. The van der Waals surface area contributed by atoms with Gasteiger partial charge in [-0.15, -0.1) is 12.3 Å². The zero-order chi connectivity index (χ0) is 27.7. The summed E-state index contributed by atoms with van der Waals surface area (Å²) < 4.78 is 6.51. The summed E-state index contributed by atoms with van der Waals surface area (Å²) in [6.07, 6.45) is 14.1. The zero-order valence-electron chi connectivity index (χ0n) is 22.3. The molecule has 0 bridgehead atoms. The number of Topliss-reactive ketones (excluding diaryl/α,β-unsaturated/α-hetero) is 1. The molecular formula is C28H38N6O3. The van der Waals surface area contributed by atoms with Gasteiger partial charge in [0.25, 0.3) is 0 Å². The van der Waals surface area contributed by atoms with Crippen molar-refractivity contribution in [2.75, 3.05) is 12.3 Å². The van der Waals surface area contributed by atoms with Crippen molar-refractivity contribution in [2.45, 2.75) is 78.2 Å². The van der Waals surface area contributed by atoms with E-state index in [4.69, 9.17) is 22.4 Å². The largest absolute Gasteiger partial charge is 0.443 e. The first kappa shape index (κ1) is 31.0. The predicted octanol–water partition coefficient (Wildman–Crippen LogP) is 6.73. The number of carbonyl (C=O) groups is 2. The number of rotatable bonds is 11. The lowest BCUT2D eigenvalue weighted by Crippen LogP contribution is -2.27. The van der Waals surface area contributed by atoms with Crippen molar-refractivity contribution in [3.8, 4) is 12.3 Å². The fourth-order valence-corrected chi connectivity index (χ4v) is 3.16. The van der Waals surface area contributed by atoms with Crippen molar-refractivity contribution in [1.29, 1.82) is 0 Å². The molecule has 1 aromatic heterocycles. The van der Waals surface area contributed by atoms with Crippen LogP contribution < -0.4 is 5.73 Å². The van der Waals surface area contributed by atoms with Gasteiger partial charge in [-0.05, 0) is 64.5 Å². The highest BCUT2D eigenvalue weighted by Crippen LogP contribution is 2.14. The van der Waals surface area contributed by atoms with E-state index in [0.717, 1.165) is 48.9 Å². The van der Waals surface area contributed by atoms with Crippen molar-refractivity contribution in [3.63, 3.8) is 0 Å². The van der Waals surface area contributed by atoms with Crippen molar-refractivity contribution in [1.82, 2.24) is 9.55 Å². The maximum absolute atomic E-state index is 11.9. The van der Waals surface area contributed by atoms with E-state index in [0.29, 0.717) is 12.8 Å². The lowest BCUT2D eigenvalue weighted by molar-refractivity contribution is -0.117. The van der Waals surface area contributed by atoms with E-state index >= 15 is 0 Å². The summed E-state index contributed by atoms with van der Waals surface area (Å²) in [5.41, 5.74) is 16.3. The number of allylic oxidation sites excluding steroid dienone is 1. The lowest BCUT2D eigenvalue weighted by Gasteiger charge is -2.19. The number of imidazole rings is 1. The van der Waals surface area contributed by atoms with E-state index in [-0.39, 0.29) is 18.3 Å². The van der Waals surface area contributed by atoms with Gasteiger partial charge in [0.15, 0.2) is 0 Å². The molecule has 0 saturated carbocycles. The molecule has 1 aromatic carbocycles. The Morgan fingerprint density at radius 3 is 2.54 bits per heavy atom. The van der Waals surface area contributed by atoms with Crippen LogP contribution in [0.3, 0.4) is 0 Å². The monoisotopic (exact) mass is 506 g/mol. The van der Waals surface area contributed by atoms with Crippen LogP contribution in [0, 0.1) is 12.3 Å². The highest BCUT2D eigenvalue weighted by atomic mass is 16.6. The number of azide groups is 1. The molecule has 37 heavy (non-hydrogen) atoms. The van der Waals surface area contributed by atoms with Gasteiger partial charge in [-0.3, -0.25) is 4.79 Å². The Balaban J connectivity index is 0.000000375. The van der Waals surface area contributed by atoms with Gasteiger partial charge in [-0.2, -0.15) is 0 Å². The van der Waals surface area contributed by atoms with E-state index in [1.165, 1.54) is 4.57 Å². The number of benzene rings is 1. The van der Waals surface area contributed by atoms with Gasteiger partial charge < -0.3 is 10.5 Å². The Kier molecular flexibility index (Phi) is 13.9. The maximum Gasteiger partial charge on any atom is 0.421 e. The number of nitrogens with two attached hydrogens (primary N) is 1. The molecule has 9 nitrogen and oxygen atoms in total. The summed E-state index contributed by atoms with van der Waals surface area (Å²) in [4.78, 5) is 29.9. The van der Waals surface area contributed by atoms with E-state index in [1.807, 2.05) is 58.0 Å². The second-order valence-corrected chi connectivity index (χ2v) is 9.53. The van der Waals surface area contributed by atoms with Crippen LogP contribution in [0.1, 0.15) is 77.5 Å². The summed E-state index contributed by atoms with van der Waals surface area (Å²) in [6.45, 7) is 7.38. The number of anilines is 1. The third-order valence-electron chi connectivity index (χ3n) is 4.95. The topological polar surface area (TPSA) is 136 Å². The van der Waals surface area contributed by atoms with Crippen molar-refractivity contribution in [3.05, 3.63) is 63.8 Å². The zero-order valence-corrected chi connectivity index (χ0v) is 22.3. The SMILES string of the molecule is C#CCCCCCc1cn(C(=O)OC(C)(C)C)c(N)n1.C/C(=C\c1ccccc1)CCC(=O)CN=[N+]=[N-]. The summed E-state index contributed by atoms with van der Waals surface area (Å²) in [7, 11) is 0. The van der Waals surface area contributed by atoms with E-state index in [1.54, 1.807) is 6.20 Å². The highest BCUT2D eigenvalue weighted by molar-refractivity contribution is 5.80. The first-order valence-corrected chi connectivity index (χ1v) is 12.3. The molecule has 0 aliphatic carbocycles. The van der Waals surface area contributed by atoms with Crippen molar-refractivity contribution in [2.24, 2.45) is 5.11 Å². The number of hydrogen-bond donors (Lipinski definition) is 1. The molecule has 2 N–H and O–H groups in total.